The average Bonchev–Trinajstić information content (AvgIpc) is 2.38. The third-order valence-corrected chi connectivity index (χ3v) is 3.59. The molecule has 2 aromatic carbocycles. The van der Waals surface area contributed by atoms with Crippen LogP contribution in [0.3, 0.4) is 0 Å². The van der Waals surface area contributed by atoms with Crippen molar-refractivity contribution in [1.29, 1.82) is 0 Å². The first kappa shape index (κ1) is 12.0. The Bertz CT molecular complexity index is 493. The molecule has 2 nitrogen and oxygen atoms in total. The summed E-state index contributed by atoms with van der Waals surface area (Å²) in [6, 6.07) is 17.7. The van der Waals surface area contributed by atoms with Crippen LogP contribution in [-0.2, 0) is 17.5 Å². The van der Waals surface area contributed by atoms with E-state index in [1.54, 1.807) is 0 Å². The lowest BCUT2D eigenvalue weighted by Crippen LogP contribution is -2.16. The molecule has 0 bridgehead atoms. The molecule has 88 valence electrons. The van der Waals surface area contributed by atoms with Gasteiger partial charge in [-0.15, -0.1) is 0 Å². The van der Waals surface area contributed by atoms with Crippen molar-refractivity contribution in [2.24, 2.45) is 0 Å². The van der Waals surface area contributed by atoms with Gasteiger partial charge in [0.05, 0.1) is 4.90 Å². The molecule has 0 unspecified atom stereocenters. The van der Waals surface area contributed by atoms with E-state index < -0.39 is 11.0 Å². The van der Waals surface area contributed by atoms with Gasteiger partial charge in [-0.2, -0.15) is 0 Å². The first-order valence-electron chi connectivity index (χ1n) is 5.51. The summed E-state index contributed by atoms with van der Waals surface area (Å²) in [6.07, 6.45) is 0. The molecule has 2 rings (SSSR count). The highest BCUT2D eigenvalue weighted by atomic mass is 32.2. The zero-order valence-electron chi connectivity index (χ0n) is 9.72. The van der Waals surface area contributed by atoms with Crippen LogP contribution >= 0.6 is 0 Å². The highest BCUT2D eigenvalue weighted by Gasteiger charge is 2.02. The molecule has 0 radical (unpaired) electrons. The zero-order valence-corrected chi connectivity index (χ0v) is 10.5. The van der Waals surface area contributed by atoms with E-state index in [0.29, 0.717) is 6.54 Å². The second kappa shape index (κ2) is 5.75. The highest BCUT2D eigenvalue weighted by Crippen LogP contribution is 2.07. The summed E-state index contributed by atoms with van der Waals surface area (Å²) in [5.74, 6) is 0. The van der Waals surface area contributed by atoms with Crippen molar-refractivity contribution < 1.29 is 4.21 Å². The van der Waals surface area contributed by atoms with E-state index in [1.165, 1.54) is 5.56 Å². The minimum absolute atomic E-state index is 0.612. The van der Waals surface area contributed by atoms with E-state index in [2.05, 4.69) is 4.72 Å². The minimum atomic E-state index is -1.14. The van der Waals surface area contributed by atoms with Crippen LogP contribution in [0, 0.1) is 6.92 Å². The van der Waals surface area contributed by atoms with Crippen LogP contribution in [0.5, 0.6) is 0 Å². The SMILES string of the molecule is Cc1ccc([S@@](=O)NCc2ccccc2)cc1. The Morgan fingerprint density at radius 1 is 1.00 bits per heavy atom. The van der Waals surface area contributed by atoms with Gasteiger partial charge >= 0.3 is 0 Å². The first-order valence-corrected chi connectivity index (χ1v) is 6.66. The second-order valence-electron chi connectivity index (χ2n) is 3.89. The summed E-state index contributed by atoms with van der Waals surface area (Å²) < 4.78 is 14.9. The van der Waals surface area contributed by atoms with Crippen molar-refractivity contribution in [1.82, 2.24) is 4.72 Å². The van der Waals surface area contributed by atoms with Crippen LogP contribution in [0.15, 0.2) is 59.5 Å². The van der Waals surface area contributed by atoms with Gasteiger partial charge in [0, 0.05) is 6.54 Å². The van der Waals surface area contributed by atoms with Gasteiger partial charge < -0.3 is 0 Å². The number of hydrogen-bond donors (Lipinski definition) is 1. The van der Waals surface area contributed by atoms with Gasteiger partial charge in [0.1, 0.15) is 11.0 Å². The minimum Gasteiger partial charge on any atom is -0.237 e. The molecule has 0 amide bonds. The molecule has 0 aliphatic carbocycles. The fourth-order valence-electron chi connectivity index (χ4n) is 1.49. The summed E-state index contributed by atoms with van der Waals surface area (Å²) >= 11 is 0. The number of hydrogen-bond acceptors (Lipinski definition) is 1. The molecule has 1 atom stereocenters. The fraction of sp³-hybridized carbons (Fsp3) is 0.143. The van der Waals surface area contributed by atoms with Crippen LogP contribution in [0.1, 0.15) is 11.1 Å². The third-order valence-electron chi connectivity index (χ3n) is 2.49. The number of benzene rings is 2. The molecule has 0 heterocycles. The van der Waals surface area contributed by atoms with Crippen LogP contribution < -0.4 is 4.72 Å². The average molecular weight is 245 g/mol. The Kier molecular flexibility index (Phi) is 4.07. The van der Waals surface area contributed by atoms with Gasteiger partial charge in [0.2, 0.25) is 0 Å². The quantitative estimate of drug-likeness (QED) is 0.881. The normalized spacial score (nSPS) is 12.3. The number of aryl methyl sites for hydroxylation is 1. The molecule has 0 aliphatic rings. The molecule has 0 aromatic heterocycles. The number of nitrogens with one attached hydrogen (secondary N) is 1. The zero-order chi connectivity index (χ0) is 12.1. The smallest absolute Gasteiger partial charge is 0.125 e. The second-order valence-corrected chi connectivity index (χ2v) is 5.19. The van der Waals surface area contributed by atoms with Gasteiger partial charge in [-0.05, 0) is 24.6 Å². The molecule has 0 fully saturated rings. The Morgan fingerprint density at radius 3 is 2.29 bits per heavy atom. The van der Waals surface area contributed by atoms with Crippen LogP contribution in [0.4, 0.5) is 0 Å². The molecule has 17 heavy (non-hydrogen) atoms. The third kappa shape index (κ3) is 3.51. The van der Waals surface area contributed by atoms with Gasteiger partial charge in [-0.3, -0.25) is 0 Å². The Morgan fingerprint density at radius 2 is 1.65 bits per heavy atom. The summed E-state index contributed by atoms with van der Waals surface area (Å²) in [4.78, 5) is 0.812. The lowest BCUT2D eigenvalue weighted by atomic mass is 10.2. The van der Waals surface area contributed by atoms with E-state index in [0.717, 1.165) is 10.5 Å². The van der Waals surface area contributed by atoms with Crippen molar-refractivity contribution in [2.75, 3.05) is 0 Å². The van der Waals surface area contributed by atoms with Gasteiger partial charge in [-0.1, -0.05) is 48.0 Å². The molecule has 2 aromatic rings. The van der Waals surface area contributed by atoms with Crippen molar-refractivity contribution in [2.45, 2.75) is 18.4 Å². The molecular weight excluding hydrogens is 230 g/mol. The van der Waals surface area contributed by atoms with E-state index in [9.17, 15) is 4.21 Å². The monoisotopic (exact) mass is 245 g/mol. The number of rotatable bonds is 4. The van der Waals surface area contributed by atoms with Crippen LogP contribution in [0.25, 0.3) is 0 Å². The Hall–Kier alpha value is -1.45. The maximum atomic E-state index is 11.9. The van der Waals surface area contributed by atoms with Crippen molar-refractivity contribution in [3.8, 4) is 0 Å². The maximum Gasteiger partial charge on any atom is 0.125 e. The molecule has 0 spiro atoms. The molecule has 3 heteroatoms. The van der Waals surface area contributed by atoms with Crippen molar-refractivity contribution in [3.05, 3.63) is 65.7 Å². The summed E-state index contributed by atoms with van der Waals surface area (Å²) in [6.45, 7) is 2.63. The largest absolute Gasteiger partial charge is 0.237 e. The lowest BCUT2D eigenvalue weighted by molar-refractivity contribution is 0.672. The highest BCUT2D eigenvalue weighted by molar-refractivity contribution is 7.83. The predicted molar refractivity (Wildman–Crippen MR) is 70.9 cm³/mol. The van der Waals surface area contributed by atoms with Crippen LogP contribution in [0.2, 0.25) is 0 Å². The Labute approximate surface area is 104 Å². The molecule has 0 saturated carbocycles. The molecular formula is C14H15NOS. The van der Waals surface area contributed by atoms with E-state index in [4.69, 9.17) is 0 Å². The molecule has 0 saturated heterocycles. The first-order chi connectivity index (χ1) is 8.25. The lowest BCUT2D eigenvalue weighted by Gasteiger charge is -2.05. The van der Waals surface area contributed by atoms with E-state index in [1.807, 2.05) is 61.5 Å². The maximum absolute atomic E-state index is 11.9. The Balaban J connectivity index is 1.96. The van der Waals surface area contributed by atoms with Crippen molar-refractivity contribution in [3.63, 3.8) is 0 Å². The standard InChI is InChI=1S/C14H15NOS/c1-12-7-9-14(10-8-12)17(16)15-11-13-5-3-2-4-6-13/h2-10,15H,11H2,1H3/t17-/m1/s1. The van der Waals surface area contributed by atoms with Gasteiger partial charge in [0.15, 0.2) is 0 Å². The van der Waals surface area contributed by atoms with E-state index in [-0.39, 0.29) is 0 Å². The summed E-state index contributed by atoms with van der Waals surface area (Å²) in [7, 11) is -1.14. The predicted octanol–water partition coefficient (Wildman–Crippen LogP) is 2.81. The summed E-state index contributed by atoms with van der Waals surface area (Å²) in [5, 5.41) is 0. The molecule has 1 N–H and O–H groups in total. The molecule has 0 aliphatic heterocycles. The van der Waals surface area contributed by atoms with Gasteiger partial charge in [0.25, 0.3) is 0 Å². The summed E-state index contributed by atoms with van der Waals surface area (Å²) in [5.41, 5.74) is 2.31. The van der Waals surface area contributed by atoms with Crippen LogP contribution in [-0.4, -0.2) is 4.21 Å². The fourth-order valence-corrected chi connectivity index (χ4v) is 2.34. The topological polar surface area (TPSA) is 29.1 Å². The van der Waals surface area contributed by atoms with Crippen molar-refractivity contribution >= 4 is 11.0 Å². The van der Waals surface area contributed by atoms with E-state index >= 15 is 0 Å². The van der Waals surface area contributed by atoms with Gasteiger partial charge in [-0.25, -0.2) is 8.93 Å².